The molecule has 0 aliphatic rings. The second-order valence-electron chi connectivity index (χ2n) is 7.13. The average molecular weight is 515 g/mol. The van der Waals surface area contributed by atoms with Gasteiger partial charge in [-0.1, -0.05) is 41.4 Å². The van der Waals surface area contributed by atoms with E-state index in [1.807, 2.05) is 24.3 Å². The summed E-state index contributed by atoms with van der Waals surface area (Å²) in [5, 5.41) is 2.74. The van der Waals surface area contributed by atoms with Crippen molar-refractivity contribution in [1.29, 1.82) is 0 Å². The minimum absolute atomic E-state index is 0.00537. The zero-order valence-corrected chi connectivity index (χ0v) is 20.1. The van der Waals surface area contributed by atoms with Crippen molar-refractivity contribution in [2.75, 3.05) is 30.3 Å². The Morgan fingerprint density at radius 3 is 2.52 bits per heavy atom. The average Bonchev–Trinajstić information content (AvgIpc) is 2.70. The number of aryl methyl sites for hydroxylation is 1. The van der Waals surface area contributed by atoms with Gasteiger partial charge in [-0.3, -0.25) is 9.10 Å². The Balaban J connectivity index is 1.75. The van der Waals surface area contributed by atoms with Crippen LogP contribution >= 0.6 is 15.9 Å². The summed E-state index contributed by atoms with van der Waals surface area (Å²) >= 11 is 3.15. The molecule has 0 aliphatic heterocycles. The van der Waals surface area contributed by atoms with E-state index >= 15 is 0 Å². The first-order valence-electron chi connectivity index (χ1n) is 10.1. The molecule has 0 atom stereocenters. The summed E-state index contributed by atoms with van der Waals surface area (Å²) in [7, 11) is -3.68. The maximum atomic E-state index is 14.2. The van der Waals surface area contributed by atoms with Crippen molar-refractivity contribution < 1.29 is 22.3 Å². The van der Waals surface area contributed by atoms with Gasteiger partial charge in [0.1, 0.15) is 18.2 Å². The predicted octanol–water partition coefficient (Wildman–Crippen LogP) is 4.28. The van der Waals surface area contributed by atoms with E-state index < -0.39 is 15.8 Å². The van der Waals surface area contributed by atoms with Crippen LogP contribution in [0.15, 0.2) is 46.9 Å². The summed E-state index contributed by atoms with van der Waals surface area (Å²) < 4.78 is 45.5. The van der Waals surface area contributed by atoms with Gasteiger partial charge in [-0.2, -0.15) is 0 Å². The summed E-state index contributed by atoms with van der Waals surface area (Å²) in [6.45, 7) is 2.81. The Bertz CT molecular complexity index is 968. The highest BCUT2D eigenvalue weighted by molar-refractivity contribution is 9.10. The van der Waals surface area contributed by atoms with E-state index in [4.69, 9.17) is 4.74 Å². The molecule has 1 amide bonds. The quantitative estimate of drug-likeness (QED) is 0.429. The molecule has 0 heterocycles. The van der Waals surface area contributed by atoms with Gasteiger partial charge < -0.3 is 10.1 Å². The number of nitrogens with zero attached hydrogens (tertiary/aromatic N) is 1. The number of hydrogen-bond acceptors (Lipinski definition) is 4. The van der Waals surface area contributed by atoms with E-state index in [1.54, 1.807) is 6.07 Å². The third-order valence-electron chi connectivity index (χ3n) is 4.50. The molecule has 1 N–H and O–H groups in total. The number of sulfonamides is 1. The second kappa shape index (κ2) is 12.0. The summed E-state index contributed by atoms with van der Waals surface area (Å²) in [4.78, 5) is 12.0. The SMILES string of the molecule is CCCc1ccc(OCCNC(=O)CCCN(c2ccc(Br)cc2F)S(C)(=O)=O)cc1. The molecule has 0 radical (unpaired) electrons. The Morgan fingerprint density at radius 2 is 1.90 bits per heavy atom. The van der Waals surface area contributed by atoms with Crippen LogP contribution in [0.4, 0.5) is 10.1 Å². The molecule has 2 aromatic rings. The van der Waals surface area contributed by atoms with Gasteiger partial charge in [0, 0.05) is 17.4 Å². The van der Waals surface area contributed by atoms with E-state index in [-0.39, 0.29) is 31.0 Å². The molecule has 0 saturated carbocycles. The lowest BCUT2D eigenvalue weighted by molar-refractivity contribution is -0.121. The Morgan fingerprint density at radius 1 is 1.19 bits per heavy atom. The highest BCUT2D eigenvalue weighted by atomic mass is 79.9. The number of carbonyl (C=O) groups is 1. The molecular weight excluding hydrogens is 487 g/mol. The van der Waals surface area contributed by atoms with Crippen molar-refractivity contribution in [3.8, 4) is 5.75 Å². The number of halogens is 2. The Hall–Kier alpha value is -2.13. The van der Waals surface area contributed by atoms with Crippen LogP contribution in [0.3, 0.4) is 0 Å². The first-order valence-corrected chi connectivity index (χ1v) is 12.8. The zero-order valence-electron chi connectivity index (χ0n) is 17.7. The number of hydrogen-bond donors (Lipinski definition) is 1. The largest absolute Gasteiger partial charge is 0.492 e. The van der Waals surface area contributed by atoms with Gasteiger partial charge in [-0.15, -0.1) is 0 Å². The molecule has 170 valence electrons. The number of nitrogens with one attached hydrogen (secondary N) is 1. The number of rotatable bonds is 12. The van der Waals surface area contributed by atoms with Gasteiger partial charge in [-0.05, 0) is 48.7 Å². The van der Waals surface area contributed by atoms with Crippen molar-refractivity contribution in [2.24, 2.45) is 0 Å². The monoisotopic (exact) mass is 514 g/mol. The summed E-state index contributed by atoms with van der Waals surface area (Å²) in [5.41, 5.74) is 1.22. The van der Waals surface area contributed by atoms with Gasteiger partial charge in [-0.25, -0.2) is 12.8 Å². The first kappa shape index (κ1) is 25.1. The van der Waals surface area contributed by atoms with E-state index in [0.29, 0.717) is 17.6 Å². The number of amides is 1. The Kier molecular flexibility index (Phi) is 9.77. The first-order chi connectivity index (χ1) is 14.7. The van der Waals surface area contributed by atoms with E-state index in [2.05, 4.69) is 28.2 Å². The van der Waals surface area contributed by atoms with Crippen molar-refractivity contribution >= 4 is 37.5 Å². The normalized spacial score (nSPS) is 11.2. The molecule has 31 heavy (non-hydrogen) atoms. The van der Waals surface area contributed by atoms with Crippen LogP contribution in [0.25, 0.3) is 0 Å². The number of anilines is 1. The van der Waals surface area contributed by atoms with Crippen molar-refractivity contribution in [3.63, 3.8) is 0 Å². The molecule has 6 nitrogen and oxygen atoms in total. The van der Waals surface area contributed by atoms with E-state index in [1.165, 1.54) is 17.7 Å². The van der Waals surface area contributed by atoms with Crippen LogP contribution in [-0.2, 0) is 21.2 Å². The van der Waals surface area contributed by atoms with Gasteiger partial charge in [0.15, 0.2) is 0 Å². The maximum Gasteiger partial charge on any atom is 0.232 e. The van der Waals surface area contributed by atoms with Crippen LogP contribution in [-0.4, -0.2) is 40.3 Å². The number of benzene rings is 2. The summed E-state index contributed by atoms with van der Waals surface area (Å²) in [5.74, 6) is -0.120. The van der Waals surface area contributed by atoms with E-state index in [9.17, 15) is 17.6 Å². The minimum atomic E-state index is -3.68. The molecule has 0 aliphatic carbocycles. The molecule has 0 bridgehead atoms. The van der Waals surface area contributed by atoms with Gasteiger partial charge in [0.05, 0.1) is 18.5 Å². The topological polar surface area (TPSA) is 75.7 Å². The van der Waals surface area contributed by atoms with Crippen LogP contribution in [0.5, 0.6) is 5.75 Å². The molecule has 0 spiro atoms. The molecule has 0 saturated heterocycles. The van der Waals surface area contributed by atoms with Crippen LogP contribution in [0.2, 0.25) is 0 Å². The lowest BCUT2D eigenvalue weighted by Crippen LogP contribution is -2.33. The maximum absolute atomic E-state index is 14.2. The molecule has 2 rings (SSSR count). The van der Waals surface area contributed by atoms with Crippen molar-refractivity contribution in [1.82, 2.24) is 5.32 Å². The van der Waals surface area contributed by atoms with Crippen LogP contribution < -0.4 is 14.4 Å². The van der Waals surface area contributed by atoms with Crippen molar-refractivity contribution in [3.05, 3.63) is 58.3 Å². The lowest BCUT2D eigenvalue weighted by atomic mass is 10.1. The molecule has 0 aromatic heterocycles. The van der Waals surface area contributed by atoms with Crippen LogP contribution in [0.1, 0.15) is 31.7 Å². The standard InChI is InChI=1S/C22H28BrFN2O4S/c1-3-5-17-7-10-19(11-8-17)30-15-13-25-22(27)6-4-14-26(31(2,28)29)21-12-9-18(23)16-20(21)24/h7-12,16H,3-6,13-15H2,1-2H3,(H,25,27). The molecule has 2 aromatic carbocycles. The van der Waals surface area contributed by atoms with Crippen LogP contribution in [0, 0.1) is 5.82 Å². The third kappa shape index (κ3) is 8.49. The number of carbonyl (C=O) groups excluding carboxylic acids is 1. The minimum Gasteiger partial charge on any atom is -0.492 e. The fraction of sp³-hybridized carbons (Fsp3) is 0.409. The highest BCUT2D eigenvalue weighted by Crippen LogP contribution is 2.25. The van der Waals surface area contributed by atoms with Crippen molar-refractivity contribution in [2.45, 2.75) is 32.6 Å². The fourth-order valence-corrected chi connectivity index (χ4v) is 4.32. The highest BCUT2D eigenvalue weighted by Gasteiger charge is 2.21. The Labute approximate surface area is 192 Å². The molecule has 9 heteroatoms. The number of ether oxygens (including phenoxy) is 1. The predicted molar refractivity (Wildman–Crippen MR) is 124 cm³/mol. The van der Waals surface area contributed by atoms with Gasteiger partial charge in [0.25, 0.3) is 0 Å². The molecule has 0 unspecified atom stereocenters. The second-order valence-corrected chi connectivity index (χ2v) is 9.95. The third-order valence-corrected chi connectivity index (χ3v) is 6.17. The molecular formula is C22H28BrFN2O4S. The smallest absolute Gasteiger partial charge is 0.232 e. The van der Waals surface area contributed by atoms with Gasteiger partial charge >= 0.3 is 0 Å². The molecule has 0 fully saturated rings. The van der Waals surface area contributed by atoms with Gasteiger partial charge in [0.2, 0.25) is 15.9 Å². The zero-order chi connectivity index (χ0) is 22.9. The van der Waals surface area contributed by atoms with E-state index in [0.717, 1.165) is 29.2 Å². The fourth-order valence-electron chi connectivity index (χ4n) is 3.02. The summed E-state index contributed by atoms with van der Waals surface area (Å²) in [6.07, 6.45) is 3.51. The summed E-state index contributed by atoms with van der Waals surface area (Å²) in [6, 6.07) is 12.0. The lowest BCUT2D eigenvalue weighted by Gasteiger charge is -2.23.